The first-order valence-corrected chi connectivity index (χ1v) is 16.4. The van der Waals surface area contributed by atoms with Gasteiger partial charge in [-0.25, -0.2) is 14.5 Å². The Kier molecular flexibility index (Phi) is 10.6. The van der Waals surface area contributed by atoms with Gasteiger partial charge in [-0.05, 0) is 93.5 Å². The second kappa shape index (κ2) is 14.8. The quantitative estimate of drug-likeness (QED) is 0.154. The standard InChI is InChI=1S/C35H37F3N6O2S/c1-5-7-27-13-10-23(2)20-31(27)44-25(4)21-47-34(44)41-33(45)40-24(3)8-6-9-26-11-14-28(15-12-26)32-39-22-43(42-32)29-16-18-30(19-17-29)46-35(36,37)38/h10-22,24H,5-9H2,1-4H3,(H,40,45). The third kappa shape index (κ3) is 8.97. The number of aromatic nitrogens is 4. The number of carbonyl (C=O) groups excluding carboxylic acids is 1. The van der Waals surface area contributed by atoms with E-state index in [4.69, 9.17) is 0 Å². The fraction of sp³-hybridized carbons (Fsp3) is 0.314. The summed E-state index contributed by atoms with van der Waals surface area (Å²) in [5.41, 5.74) is 7.04. The molecule has 0 saturated heterocycles. The van der Waals surface area contributed by atoms with Gasteiger partial charge in [0.1, 0.15) is 12.1 Å². The summed E-state index contributed by atoms with van der Waals surface area (Å²) in [6.45, 7) is 8.26. The van der Waals surface area contributed by atoms with Gasteiger partial charge in [0.2, 0.25) is 0 Å². The van der Waals surface area contributed by atoms with Crippen LogP contribution in [0, 0.1) is 13.8 Å². The Morgan fingerprint density at radius 2 is 1.79 bits per heavy atom. The second-order valence-electron chi connectivity index (χ2n) is 11.5. The lowest BCUT2D eigenvalue weighted by Crippen LogP contribution is -2.32. The van der Waals surface area contributed by atoms with E-state index in [-0.39, 0.29) is 17.8 Å². The number of nitrogens with zero attached hydrogens (tertiary/aromatic N) is 5. The van der Waals surface area contributed by atoms with Crippen LogP contribution in [0.25, 0.3) is 22.8 Å². The van der Waals surface area contributed by atoms with E-state index in [0.29, 0.717) is 16.3 Å². The number of carbonyl (C=O) groups is 1. The number of urea groups is 1. The number of hydrogen-bond donors (Lipinski definition) is 1. The highest BCUT2D eigenvalue weighted by molar-refractivity contribution is 7.07. The van der Waals surface area contributed by atoms with Crippen molar-refractivity contribution in [3.8, 4) is 28.5 Å². The van der Waals surface area contributed by atoms with Crippen molar-refractivity contribution in [1.82, 2.24) is 24.6 Å². The number of amides is 2. The van der Waals surface area contributed by atoms with Gasteiger partial charge in [-0.2, -0.15) is 4.99 Å². The highest BCUT2D eigenvalue weighted by Crippen LogP contribution is 2.24. The van der Waals surface area contributed by atoms with Gasteiger partial charge in [-0.15, -0.1) is 29.6 Å². The van der Waals surface area contributed by atoms with Crippen LogP contribution < -0.4 is 14.9 Å². The third-order valence-electron chi connectivity index (χ3n) is 7.59. The van der Waals surface area contributed by atoms with Crippen molar-refractivity contribution >= 4 is 17.4 Å². The summed E-state index contributed by atoms with van der Waals surface area (Å²) >= 11 is 1.46. The van der Waals surface area contributed by atoms with E-state index in [1.54, 1.807) is 0 Å². The molecule has 0 bridgehead atoms. The summed E-state index contributed by atoms with van der Waals surface area (Å²) in [5.74, 6) is 0.197. The van der Waals surface area contributed by atoms with Crippen LogP contribution in [-0.2, 0) is 12.8 Å². The predicted octanol–water partition coefficient (Wildman–Crippen LogP) is 8.28. The molecule has 5 aromatic rings. The Morgan fingerprint density at radius 3 is 2.49 bits per heavy atom. The highest BCUT2D eigenvalue weighted by Gasteiger charge is 2.31. The van der Waals surface area contributed by atoms with Gasteiger partial charge in [0.25, 0.3) is 0 Å². The lowest BCUT2D eigenvalue weighted by atomic mass is 10.0. The van der Waals surface area contributed by atoms with Crippen LogP contribution in [0.1, 0.15) is 55.5 Å². The predicted molar refractivity (Wildman–Crippen MR) is 177 cm³/mol. The zero-order valence-corrected chi connectivity index (χ0v) is 27.5. The number of hydrogen-bond acceptors (Lipinski definition) is 5. The average molecular weight is 663 g/mol. The first-order valence-electron chi connectivity index (χ1n) is 15.5. The maximum atomic E-state index is 12.9. The molecule has 2 heterocycles. The Labute approximate surface area is 275 Å². The number of rotatable bonds is 11. The Bertz CT molecular complexity index is 1880. The van der Waals surface area contributed by atoms with Crippen molar-refractivity contribution in [3.63, 3.8) is 0 Å². The molecule has 0 fully saturated rings. The molecular weight excluding hydrogens is 625 g/mol. The summed E-state index contributed by atoms with van der Waals surface area (Å²) in [6.07, 6.45) is 1.26. The van der Waals surface area contributed by atoms with E-state index in [1.165, 1.54) is 52.2 Å². The first-order chi connectivity index (χ1) is 22.5. The molecule has 8 nitrogen and oxygen atoms in total. The monoisotopic (exact) mass is 662 g/mol. The molecule has 2 aromatic heterocycles. The molecule has 0 aliphatic carbocycles. The number of alkyl halides is 3. The van der Waals surface area contributed by atoms with Gasteiger partial charge in [-0.1, -0.05) is 49.7 Å². The van der Waals surface area contributed by atoms with Crippen LogP contribution in [0.5, 0.6) is 5.75 Å². The van der Waals surface area contributed by atoms with Crippen molar-refractivity contribution in [2.24, 2.45) is 4.99 Å². The van der Waals surface area contributed by atoms with Crippen LogP contribution in [0.3, 0.4) is 0 Å². The van der Waals surface area contributed by atoms with Crippen LogP contribution in [0.2, 0.25) is 0 Å². The molecule has 1 atom stereocenters. The number of thiazole rings is 1. The van der Waals surface area contributed by atoms with E-state index in [1.807, 2.05) is 43.5 Å². The van der Waals surface area contributed by atoms with Crippen molar-refractivity contribution in [2.75, 3.05) is 0 Å². The molecule has 0 aliphatic heterocycles. The molecule has 0 saturated carbocycles. The molecule has 2 amide bonds. The van der Waals surface area contributed by atoms with Crippen molar-refractivity contribution < 1.29 is 22.7 Å². The lowest BCUT2D eigenvalue weighted by molar-refractivity contribution is -0.274. The van der Waals surface area contributed by atoms with E-state index in [2.05, 4.69) is 61.7 Å². The minimum absolute atomic E-state index is 0.0445. The summed E-state index contributed by atoms with van der Waals surface area (Å²) in [4.78, 5) is 22.4. The second-order valence-corrected chi connectivity index (χ2v) is 12.3. The summed E-state index contributed by atoms with van der Waals surface area (Å²) in [5, 5.41) is 9.51. The van der Waals surface area contributed by atoms with Crippen molar-refractivity contribution in [2.45, 2.75) is 72.2 Å². The molecule has 1 N–H and O–H groups in total. The minimum atomic E-state index is -4.74. The summed E-state index contributed by atoms with van der Waals surface area (Å²) in [6, 6.07) is 19.4. The number of halogens is 3. The summed E-state index contributed by atoms with van der Waals surface area (Å²) in [7, 11) is 0. The number of nitrogens with one attached hydrogen (secondary N) is 1. The van der Waals surface area contributed by atoms with Gasteiger partial charge in [-0.3, -0.25) is 4.57 Å². The minimum Gasteiger partial charge on any atom is -0.406 e. The fourth-order valence-electron chi connectivity index (χ4n) is 5.28. The maximum absolute atomic E-state index is 12.9. The molecule has 246 valence electrons. The third-order valence-corrected chi connectivity index (χ3v) is 8.53. The Hall–Kier alpha value is -4.71. The maximum Gasteiger partial charge on any atom is 0.573 e. The first kappa shape index (κ1) is 33.6. The van der Waals surface area contributed by atoms with Gasteiger partial charge < -0.3 is 10.1 Å². The number of benzene rings is 3. The normalized spacial score (nSPS) is 12.7. The SMILES string of the molecule is CCCc1ccc(C)cc1-n1c(C)csc1=NC(=O)NC(C)CCCc1ccc(-c2ncn(-c3ccc(OC(F)(F)F)cc3)n2)cc1. The van der Waals surface area contributed by atoms with Crippen LogP contribution in [0.4, 0.5) is 18.0 Å². The molecule has 3 aromatic carbocycles. The molecule has 47 heavy (non-hydrogen) atoms. The van der Waals surface area contributed by atoms with Gasteiger partial charge in [0.05, 0.1) is 11.4 Å². The zero-order chi connectivity index (χ0) is 33.6. The topological polar surface area (TPSA) is 86.3 Å². The van der Waals surface area contributed by atoms with Crippen LogP contribution in [-0.4, -0.2) is 37.8 Å². The number of aryl methyl sites for hydroxylation is 4. The molecule has 0 aliphatic rings. The van der Waals surface area contributed by atoms with Crippen molar-refractivity contribution in [3.05, 3.63) is 106 Å². The average Bonchev–Trinajstić information content (AvgIpc) is 3.65. The lowest BCUT2D eigenvalue weighted by Gasteiger charge is -2.14. The molecule has 12 heteroatoms. The molecule has 1 unspecified atom stereocenters. The Balaban J connectivity index is 1.14. The van der Waals surface area contributed by atoms with Gasteiger partial charge >= 0.3 is 12.4 Å². The number of ether oxygens (including phenoxy) is 1. The highest BCUT2D eigenvalue weighted by atomic mass is 32.1. The zero-order valence-electron chi connectivity index (χ0n) is 26.7. The molecular formula is C35H37F3N6O2S. The molecule has 0 spiro atoms. The van der Waals surface area contributed by atoms with Crippen LogP contribution >= 0.6 is 11.3 Å². The van der Waals surface area contributed by atoms with Gasteiger partial charge in [0.15, 0.2) is 10.6 Å². The molecule has 5 rings (SSSR count). The molecule has 0 radical (unpaired) electrons. The smallest absolute Gasteiger partial charge is 0.406 e. The van der Waals surface area contributed by atoms with E-state index >= 15 is 0 Å². The van der Waals surface area contributed by atoms with Gasteiger partial charge in [0, 0.05) is 22.7 Å². The summed E-state index contributed by atoms with van der Waals surface area (Å²) < 4.78 is 44.8. The van der Waals surface area contributed by atoms with Crippen molar-refractivity contribution in [1.29, 1.82) is 0 Å². The fourth-order valence-corrected chi connectivity index (χ4v) is 6.15. The largest absolute Gasteiger partial charge is 0.573 e. The van der Waals surface area contributed by atoms with E-state index in [0.717, 1.165) is 60.2 Å². The van der Waals surface area contributed by atoms with Crippen LogP contribution in [0.15, 0.2) is 83.4 Å². The van der Waals surface area contributed by atoms with E-state index in [9.17, 15) is 18.0 Å². The Morgan fingerprint density at radius 1 is 1.04 bits per heavy atom. The van der Waals surface area contributed by atoms with E-state index < -0.39 is 6.36 Å².